The summed E-state index contributed by atoms with van der Waals surface area (Å²) in [6.45, 7) is 7.98. The van der Waals surface area contributed by atoms with Crippen LogP contribution in [0.25, 0.3) is 0 Å². The standard InChI is InChI=1S/C31H30N2/c1-4-5-6-7-8-9-10-13-18-27(2)33(30-21-16-12-17-22-30)31-25-23-29(24-26-31)32(3)28-19-14-11-15-20-28/h4-26H,1-2H2,3H3/b6-5-,8-7-,10-9-,18-13-. The molecule has 2 nitrogen and oxygen atoms in total. The second-order valence-corrected chi connectivity index (χ2v) is 7.32. The van der Waals surface area contributed by atoms with Crippen LogP contribution in [0.5, 0.6) is 0 Å². The molecule has 33 heavy (non-hydrogen) atoms. The topological polar surface area (TPSA) is 6.48 Å². The quantitative estimate of drug-likeness (QED) is 0.297. The fraction of sp³-hybridized carbons (Fsp3) is 0.0323. The number of benzene rings is 3. The summed E-state index contributed by atoms with van der Waals surface area (Å²) >= 11 is 0. The lowest BCUT2D eigenvalue weighted by Crippen LogP contribution is -2.15. The van der Waals surface area contributed by atoms with Crippen LogP contribution in [0.3, 0.4) is 0 Å². The van der Waals surface area contributed by atoms with Crippen LogP contribution in [0.2, 0.25) is 0 Å². The molecule has 0 heterocycles. The van der Waals surface area contributed by atoms with Crippen molar-refractivity contribution in [3.05, 3.63) is 158 Å². The zero-order valence-electron chi connectivity index (χ0n) is 19.1. The predicted octanol–water partition coefficient (Wildman–Crippen LogP) is 8.52. The normalized spacial score (nSPS) is 11.5. The van der Waals surface area contributed by atoms with E-state index >= 15 is 0 Å². The van der Waals surface area contributed by atoms with E-state index in [1.165, 1.54) is 0 Å². The van der Waals surface area contributed by atoms with E-state index in [-0.39, 0.29) is 0 Å². The fourth-order valence-corrected chi connectivity index (χ4v) is 3.32. The minimum absolute atomic E-state index is 0.880. The molecule has 164 valence electrons. The summed E-state index contributed by atoms with van der Waals surface area (Å²) < 4.78 is 0. The van der Waals surface area contributed by atoms with Gasteiger partial charge in [-0.25, -0.2) is 0 Å². The number of para-hydroxylation sites is 2. The molecule has 0 radical (unpaired) electrons. The lowest BCUT2D eigenvalue weighted by atomic mass is 10.2. The summed E-state index contributed by atoms with van der Waals surface area (Å²) in [5, 5.41) is 0. The van der Waals surface area contributed by atoms with Crippen molar-refractivity contribution in [1.29, 1.82) is 0 Å². The monoisotopic (exact) mass is 430 g/mol. The molecule has 0 aliphatic heterocycles. The van der Waals surface area contributed by atoms with Gasteiger partial charge in [-0.05, 0) is 54.6 Å². The SMILES string of the molecule is C=C\C=C/C=C\C=C/C=C\C(=C)N(c1ccccc1)c1ccc(N(C)c2ccccc2)cc1. The maximum atomic E-state index is 4.33. The van der Waals surface area contributed by atoms with Gasteiger partial charge in [0, 0.05) is 35.5 Å². The Morgan fingerprint density at radius 1 is 0.576 bits per heavy atom. The predicted molar refractivity (Wildman–Crippen MR) is 145 cm³/mol. The van der Waals surface area contributed by atoms with E-state index in [0.29, 0.717) is 0 Å². The number of hydrogen-bond acceptors (Lipinski definition) is 2. The second kappa shape index (κ2) is 12.5. The van der Waals surface area contributed by atoms with Crippen molar-refractivity contribution in [3.63, 3.8) is 0 Å². The van der Waals surface area contributed by atoms with Gasteiger partial charge in [-0.1, -0.05) is 98.2 Å². The Kier molecular flexibility index (Phi) is 8.87. The average molecular weight is 431 g/mol. The lowest BCUT2D eigenvalue weighted by molar-refractivity contribution is 1.19. The zero-order chi connectivity index (χ0) is 23.3. The molecule has 0 bridgehead atoms. The summed E-state index contributed by atoms with van der Waals surface area (Å²) in [6, 6.07) is 29.2. The molecule has 2 heteroatoms. The molecule has 0 aliphatic rings. The van der Waals surface area contributed by atoms with Crippen LogP contribution in [0.1, 0.15) is 0 Å². The van der Waals surface area contributed by atoms with E-state index < -0.39 is 0 Å². The van der Waals surface area contributed by atoms with Gasteiger partial charge in [-0.3, -0.25) is 0 Å². The fourth-order valence-electron chi connectivity index (χ4n) is 3.32. The molecule has 0 saturated heterocycles. The van der Waals surface area contributed by atoms with E-state index in [9.17, 15) is 0 Å². The van der Waals surface area contributed by atoms with Gasteiger partial charge < -0.3 is 9.80 Å². The summed E-state index contributed by atoms with van der Waals surface area (Å²) in [6.07, 6.45) is 17.5. The van der Waals surface area contributed by atoms with Crippen LogP contribution < -0.4 is 9.80 Å². The summed E-state index contributed by atoms with van der Waals surface area (Å²) in [5.74, 6) is 0. The van der Waals surface area contributed by atoms with Crippen molar-refractivity contribution < 1.29 is 0 Å². The third kappa shape index (κ3) is 6.84. The van der Waals surface area contributed by atoms with Gasteiger partial charge in [0.15, 0.2) is 0 Å². The molecule has 0 aliphatic carbocycles. The third-order valence-corrected chi connectivity index (χ3v) is 5.03. The molecule has 0 unspecified atom stereocenters. The molecule has 0 spiro atoms. The van der Waals surface area contributed by atoms with Crippen LogP contribution >= 0.6 is 0 Å². The molecule has 0 saturated carbocycles. The van der Waals surface area contributed by atoms with Gasteiger partial charge in [0.2, 0.25) is 0 Å². The number of allylic oxidation sites excluding steroid dienone is 9. The molecule has 0 atom stereocenters. The lowest BCUT2D eigenvalue weighted by Gasteiger charge is -2.26. The largest absolute Gasteiger partial charge is 0.345 e. The summed E-state index contributed by atoms with van der Waals surface area (Å²) in [5.41, 5.74) is 5.28. The number of anilines is 4. The molecule has 3 aromatic rings. The van der Waals surface area contributed by atoms with Crippen molar-refractivity contribution in [3.8, 4) is 0 Å². The molecule has 0 amide bonds. The third-order valence-electron chi connectivity index (χ3n) is 5.03. The first-order chi connectivity index (χ1) is 16.2. The minimum Gasteiger partial charge on any atom is -0.345 e. The van der Waals surface area contributed by atoms with Crippen LogP contribution in [-0.2, 0) is 0 Å². The first-order valence-corrected chi connectivity index (χ1v) is 10.9. The highest BCUT2D eigenvalue weighted by Gasteiger charge is 2.12. The van der Waals surface area contributed by atoms with Crippen molar-refractivity contribution in [2.75, 3.05) is 16.8 Å². The zero-order valence-corrected chi connectivity index (χ0v) is 19.1. The molecular formula is C31H30N2. The Morgan fingerprint density at radius 3 is 1.58 bits per heavy atom. The Bertz CT molecular complexity index is 1130. The van der Waals surface area contributed by atoms with Crippen LogP contribution in [-0.4, -0.2) is 7.05 Å². The minimum atomic E-state index is 0.880. The number of hydrogen-bond donors (Lipinski definition) is 0. The van der Waals surface area contributed by atoms with Crippen molar-refractivity contribution in [2.24, 2.45) is 0 Å². The maximum Gasteiger partial charge on any atom is 0.0462 e. The first kappa shape index (κ1) is 23.4. The van der Waals surface area contributed by atoms with Gasteiger partial charge in [-0.15, -0.1) is 0 Å². The second-order valence-electron chi connectivity index (χ2n) is 7.32. The molecule has 3 aromatic carbocycles. The number of nitrogens with zero attached hydrogens (tertiary/aromatic N) is 2. The molecule has 0 aromatic heterocycles. The molecule has 0 N–H and O–H groups in total. The van der Waals surface area contributed by atoms with Crippen LogP contribution in [0.4, 0.5) is 22.7 Å². The van der Waals surface area contributed by atoms with Crippen molar-refractivity contribution >= 4 is 22.7 Å². The van der Waals surface area contributed by atoms with Crippen LogP contribution in [0, 0.1) is 0 Å². The highest BCUT2D eigenvalue weighted by atomic mass is 15.1. The highest BCUT2D eigenvalue weighted by Crippen LogP contribution is 2.32. The van der Waals surface area contributed by atoms with Gasteiger partial charge in [0.25, 0.3) is 0 Å². The molecule has 0 fully saturated rings. The van der Waals surface area contributed by atoms with Gasteiger partial charge in [0.05, 0.1) is 0 Å². The van der Waals surface area contributed by atoms with E-state index in [2.05, 4.69) is 90.7 Å². The average Bonchev–Trinajstić information content (AvgIpc) is 2.87. The van der Waals surface area contributed by atoms with E-state index in [1.54, 1.807) is 6.08 Å². The Morgan fingerprint density at radius 2 is 1.00 bits per heavy atom. The maximum absolute atomic E-state index is 4.33. The van der Waals surface area contributed by atoms with Gasteiger partial charge >= 0.3 is 0 Å². The highest BCUT2D eigenvalue weighted by molar-refractivity contribution is 5.72. The Balaban J connectivity index is 1.80. The van der Waals surface area contributed by atoms with Crippen LogP contribution in [0.15, 0.2) is 158 Å². The van der Waals surface area contributed by atoms with Gasteiger partial charge in [0.1, 0.15) is 0 Å². The first-order valence-electron chi connectivity index (χ1n) is 10.9. The van der Waals surface area contributed by atoms with Gasteiger partial charge in [-0.2, -0.15) is 0 Å². The Hall–Kier alpha value is -4.30. The molecular weight excluding hydrogens is 400 g/mol. The smallest absolute Gasteiger partial charge is 0.0462 e. The van der Waals surface area contributed by atoms with Crippen molar-refractivity contribution in [2.45, 2.75) is 0 Å². The number of rotatable bonds is 10. The van der Waals surface area contributed by atoms with E-state index in [0.717, 1.165) is 28.4 Å². The summed E-state index contributed by atoms with van der Waals surface area (Å²) in [4.78, 5) is 4.33. The summed E-state index contributed by atoms with van der Waals surface area (Å²) in [7, 11) is 2.08. The van der Waals surface area contributed by atoms with E-state index in [4.69, 9.17) is 0 Å². The van der Waals surface area contributed by atoms with Crippen molar-refractivity contribution in [1.82, 2.24) is 0 Å². The van der Waals surface area contributed by atoms with E-state index in [1.807, 2.05) is 72.9 Å². The Labute approximate surface area is 198 Å². The molecule has 3 rings (SSSR count).